The minimum absolute atomic E-state index is 0.445. The zero-order valence-corrected chi connectivity index (χ0v) is 8.45. The number of nitrogens with two attached hydrogens (primary N) is 1. The Morgan fingerprint density at radius 3 is 2.62 bits per heavy atom. The van der Waals surface area contributed by atoms with Gasteiger partial charge in [0.15, 0.2) is 0 Å². The predicted octanol–water partition coefficient (Wildman–Crippen LogP) is 1.52. The fourth-order valence-corrected chi connectivity index (χ4v) is 2.64. The highest BCUT2D eigenvalue weighted by atomic mass is 15.2. The van der Waals surface area contributed by atoms with E-state index in [1.807, 2.05) is 0 Å². The first-order valence-corrected chi connectivity index (χ1v) is 5.43. The smallest absolute Gasteiger partial charge is 0.0167 e. The summed E-state index contributed by atoms with van der Waals surface area (Å²) >= 11 is 0. The number of nitrogens with zero attached hydrogens (tertiary/aromatic N) is 1. The molecule has 0 aromatic heterocycles. The lowest BCUT2D eigenvalue weighted by atomic mass is 9.96. The van der Waals surface area contributed by atoms with Gasteiger partial charge in [0, 0.05) is 24.7 Å². The van der Waals surface area contributed by atoms with E-state index in [2.05, 4.69) is 24.0 Å². The van der Waals surface area contributed by atoms with E-state index in [0.29, 0.717) is 12.1 Å². The summed E-state index contributed by atoms with van der Waals surface area (Å²) in [6.45, 7) is 3.52. The molecule has 2 heteroatoms. The molecule has 1 heterocycles. The molecule has 2 N–H and O–H groups in total. The SMILES string of the molecule is CC1CC(N)CCN1C1CC=CC1. The van der Waals surface area contributed by atoms with Gasteiger partial charge in [0.1, 0.15) is 0 Å². The van der Waals surface area contributed by atoms with Crippen molar-refractivity contribution in [1.82, 2.24) is 4.90 Å². The van der Waals surface area contributed by atoms with Gasteiger partial charge in [0.2, 0.25) is 0 Å². The number of piperidine rings is 1. The highest BCUT2D eigenvalue weighted by Gasteiger charge is 2.28. The van der Waals surface area contributed by atoms with Gasteiger partial charge in [-0.25, -0.2) is 0 Å². The summed E-state index contributed by atoms with van der Waals surface area (Å²) in [5.41, 5.74) is 5.94. The molecule has 2 unspecified atom stereocenters. The molecule has 0 spiro atoms. The zero-order chi connectivity index (χ0) is 9.26. The van der Waals surface area contributed by atoms with Crippen molar-refractivity contribution >= 4 is 0 Å². The molecule has 74 valence electrons. The second-order valence-electron chi connectivity index (χ2n) is 4.47. The van der Waals surface area contributed by atoms with Gasteiger partial charge in [-0.2, -0.15) is 0 Å². The van der Waals surface area contributed by atoms with Crippen LogP contribution in [0.5, 0.6) is 0 Å². The van der Waals surface area contributed by atoms with Crippen molar-refractivity contribution in [2.24, 2.45) is 5.73 Å². The minimum atomic E-state index is 0.445. The minimum Gasteiger partial charge on any atom is -0.328 e. The van der Waals surface area contributed by atoms with Crippen molar-refractivity contribution < 1.29 is 0 Å². The molecule has 2 rings (SSSR count). The molecule has 13 heavy (non-hydrogen) atoms. The lowest BCUT2D eigenvalue weighted by Gasteiger charge is -2.40. The molecule has 1 aliphatic carbocycles. The first-order chi connectivity index (χ1) is 6.27. The first-order valence-electron chi connectivity index (χ1n) is 5.43. The van der Waals surface area contributed by atoms with Crippen molar-refractivity contribution in [2.45, 2.75) is 50.7 Å². The van der Waals surface area contributed by atoms with Crippen LogP contribution in [0.3, 0.4) is 0 Å². The van der Waals surface area contributed by atoms with Gasteiger partial charge in [0.25, 0.3) is 0 Å². The van der Waals surface area contributed by atoms with Gasteiger partial charge in [-0.3, -0.25) is 4.90 Å². The molecule has 0 radical (unpaired) electrons. The number of likely N-dealkylation sites (tertiary alicyclic amines) is 1. The second-order valence-corrected chi connectivity index (χ2v) is 4.47. The van der Waals surface area contributed by atoms with Crippen molar-refractivity contribution in [2.75, 3.05) is 6.54 Å². The van der Waals surface area contributed by atoms with Crippen LogP contribution >= 0.6 is 0 Å². The molecule has 0 bridgehead atoms. The third-order valence-corrected chi connectivity index (χ3v) is 3.42. The fourth-order valence-electron chi connectivity index (χ4n) is 2.64. The van der Waals surface area contributed by atoms with E-state index in [4.69, 9.17) is 5.73 Å². The average Bonchev–Trinajstić information content (AvgIpc) is 2.56. The van der Waals surface area contributed by atoms with Gasteiger partial charge in [-0.1, -0.05) is 12.2 Å². The van der Waals surface area contributed by atoms with Gasteiger partial charge in [-0.15, -0.1) is 0 Å². The maximum atomic E-state index is 5.94. The first kappa shape index (κ1) is 9.22. The van der Waals surface area contributed by atoms with E-state index < -0.39 is 0 Å². The summed E-state index contributed by atoms with van der Waals surface area (Å²) in [6.07, 6.45) is 9.48. The molecule has 2 aliphatic rings. The van der Waals surface area contributed by atoms with E-state index >= 15 is 0 Å². The summed E-state index contributed by atoms with van der Waals surface area (Å²) in [4.78, 5) is 2.64. The van der Waals surface area contributed by atoms with Crippen molar-refractivity contribution in [3.63, 3.8) is 0 Å². The normalized spacial score (nSPS) is 37.1. The van der Waals surface area contributed by atoms with Crippen LogP contribution < -0.4 is 5.73 Å². The van der Waals surface area contributed by atoms with Crippen LogP contribution in [-0.2, 0) is 0 Å². The maximum Gasteiger partial charge on any atom is 0.0167 e. The Labute approximate surface area is 80.8 Å². The molecule has 1 aliphatic heterocycles. The highest BCUT2D eigenvalue weighted by molar-refractivity contribution is 5.00. The Kier molecular flexibility index (Phi) is 2.70. The van der Waals surface area contributed by atoms with Gasteiger partial charge >= 0.3 is 0 Å². The molecule has 0 aromatic rings. The van der Waals surface area contributed by atoms with Crippen LogP contribution in [0.4, 0.5) is 0 Å². The van der Waals surface area contributed by atoms with Crippen LogP contribution in [0.2, 0.25) is 0 Å². The van der Waals surface area contributed by atoms with Crippen molar-refractivity contribution in [1.29, 1.82) is 0 Å². The molecule has 1 fully saturated rings. The average molecular weight is 180 g/mol. The molecule has 0 saturated carbocycles. The third-order valence-electron chi connectivity index (χ3n) is 3.42. The second kappa shape index (κ2) is 3.81. The van der Waals surface area contributed by atoms with Crippen molar-refractivity contribution in [3.05, 3.63) is 12.2 Å². The van der Waals surface area contributed by atoms with Crippen LogP contribution in [0.1, 0.15) is 32.6 Å². The molecule has 0 aromatic carbocycles. The summed E-state index contributed by atoms with van der Waals surface area (Å²) < 4.78 is 0. The summed E-state index contributed by atoms with van der Waals surface area (Å²) in [5.74, 6) is 0. The Bertz CT molecular complexity index is 192. The Hall–Kier alpha value is -0.340. The van der Waals surface area contributed by atoms with E-state index in [1.165, 1.54) is 32.2 Å². The Morgan fingerprint density at radius 2 is 2.00 bits per heavy atom. The van der Waals surface area contributed by atoms with E-state index in [1.54, 1.807) is 0 Å². The number of hydrogen-bond acceptors (Lipinski definition) is 2. The molecule has 1 saturated heterocycles. The summed E-state index contributed by atoms with van der Waals surface area (Å²) in [6, 6.07) is 1.91. The Morgan fingerprint density at radius 1 is 1.31 bits per heavy atom. The quantitative estimate of drug-likeness (QED) is 0.620. The van der Waals surface area contributed by atoms with Crippen LogP contribution in [0.25, 0.3) is 0 Å². The lowest BCUT2D eigenvalue weighted by Crippen LogP contribution is -2.49. The van der Waals surface area contributed by atoms with E-state index in [9.17, 15) is 0 Å². The largest absolute Gasteiger partial charge is 0.328 e. The van der Waals surface area contributed by atoms with Gasteiger partial charge < -0.3 is 5.73 Å². The summed E-state index contributed by atoms with van der Waals surface area (Å²) in [7, 11) is 0. The molecule has 0 amide bonds. The third kappa shape index (κ3) is 1.94. The highest BCUT2D eigenvalue weighted by Crippen LogP contribution is 2.25. The van der Waals surface area contributed by atoms with E-state index in [-0.39, 0.29) is 0 Å². The van der Waals surface area contributed by atoms with Crippen LogP contribution in [0.15, 0.2) is 12.2 Å². The standard InChI is InChI=1S/C11H20N2/c1-9-8-10(12)6-7-13(9)11-4-2-3-5-11/h2-3,9-11H,4-8,12H2,1H3. The van der Waals surface area contributed by atoms with Gasteiger partial charge in [0.05, 0.1) is 0 Å². The predicted molar refractivity (Wildman–Crippen MR) is 55.5 cm³/mol. The summed E-state index contributed by atoms with van der Waals surface area (Å²) in [5, 5.41) is 0. The van der Waals surface area contributed by atoms with Crippen LogP contribution in [0, 0.1) is 0 Å². The van der Waals surface area contributed by atoms with Crippen LogP contribution in [-0.4, -0.2) is 29.6 Å². The monoisotopic (exact) mass is 180 g/mol. The lowest BCUT2D eigenvalue weighted by molar-refractivity contribution is 0.101. The Balaban J connectivity index is 1.91. The fraction of sp³-hybridized carbons (Fsp3) is 0.818. The van der Waals surface area contributed by atoms with Crippen molar-refractivity contribution in [3.8, 4) is 0 Å². The number of hydrogen-bond donors (Lipinski definition) is 1. The zero-order valence-electron chi connectivity index (χ0n) is 8.45. The molecular weight excluding hydrogens is 160 g/mol. The number of rotatable bonds is 1. The molecular formula is C11H20N2. The molecule has 2 nitrogen and oxygen atoms in total. The maximum absolute atomic E-state index is 5.94. The molecule has 2 atom stereocenters. The van der Waals surface area contributed by atoms with E-state index in [0.717, 1.165) is 6.04 Å². The van der Waals surface area contributed by atoms with Gasteiger partial charge in [-0.05, 0) is 32.6 Å². The topological polar surface area (TPSA) is 29.3 Å².